The number of hydrazine groups is 1. The van der Waals surface area contributed by atoms with Gasteiger partial charge in [0.05, 0.1) is 4.90 Å². The normalized spacial score (nSPS) is 14.1. The van der Waals surface area contributed by atoms with E-state index >= 15 is 0 Å². The SMILES string of the molecule is CC(N)c1ccc(S(=O)(=O)NN(C)C)cc1. The van der Waals surface area contributed by atoms with Crippen molar-refractivity contribution in [2.24, 2.45) is 5.73 Å². The van der Waals surface area contributed by atoms with Crippen LogP contribution in [0.4, 0.5) is 0 Å². The second-order valence-corrected chi connectivity index (χ2v) is 5.51. The topological polar surface area (TPSA) is 75.4 Å². The van der Waals surface area contributed by atoms with Crippen LogP contribution in [0.25, 0.3) is 0 Å². The van der Waals surface area contributed by atoms with Gasteiger partial charge in [-0.2, -0.15) is 0 Å². The average molecular weight is 243 g/mol. The third-order valence-electron chi connectivity index (χ3n) is 2.02. The zero-order valence-electron chi connectivity index (χ0n) is 9.64. The van der Waals surface area contributed by atoms with Crippen LogP contribution in [0.3, 0.4) is 0 Å². The zero-order chi connectivity index (χ0) is 12.3. The number of nitrogens with two attached hydrogens (primary N) is 1. The molecule has 0 aliphatic rings. The fraction of sp³-hybridized carbons (Fsp3) is 0.400. The maximum Gasteiger partial charge on any atom is 0.253 e. The Kier molecular flexibility index (Phi) is 4.03. The highest BCUT2D eigenvalue weighted by molar-refractivity contribution is 7.89. The van der Waals surface area contributed by atoms with E-state index in [2.05, 4.69) is 4.83 Å². The Bertz CT molecular complexity index is 438. The van der Waals surface area contributed by atoms with Crippen LogP contribution >= 0.6 is 0 Å². The first-order chi connectivity index (χ1) is 7.33. The Hall–Kier alpha value is -0.950. The summed E-state index contributed by atoms with van der Waals surface area (Å²) >= 11 is 0. The first-order valence-electron chi connectivity index (χ1n) is 4.88. The van der Waals surface area contributed by atoms with Crippen LogP contribution in [0.1, 0.15) is 18.5 Å². The molecule has 0 radical (unpaired) electrons. The van der Waals surface area contributed by atoms with Crippen LogP contribution in [-0.2, 0) is 10.0 Å². The van der Waals surface area contributed by atoms with Crippen molar-refractivity contribution in [1.82, 2.24) is 9.84 Å². The van der Waals surface area contributed by atoms with Crippen LogP contribution in [0.15, 0.2) is 29.2 Å². The highest BCUT2D eigenvalue weighted by atomic mass is 32.2. The minimum Gasteiger partial charge on any atom is -0.324 e. The molecule has 0 saturated heterocycles. The van der Waals surface area contributed by atoms with Gasteiger partial charge in [0.15, 0.2) is 0 Å². The Morgan fingerprint density at radius 1 is 1.25 bits per heavy atom. The summed E-state index contributed by atoms with van der Waals surface area (Å²) in [7, 11) is -0.229. The number of nitrogens with zero attached hydrogens (tertiary/aromatic N) is 1. The number of benzene rings is 1. The summed E-state index contributed by atoms with van der Waals surface area (Å²) in [6.07, 6.45) is 0. The molecule has 0 fully saturated rings. The first kappa shape index (κ1) is 13.1. The quantitative estimate of drug-likeness (QED) is 0.753. The van der Waals surface area contributed by atoms with E-state index in [0.29, 0.717) is 0 Å². The van der Waals surface area contributed by atoms with Gasteiger partial charge in [-0.25, -0.2) is 13.4 Å². The molecule has 3 N–H and O–H groups in total. The molecule has 16 heavy (non-hydrogen) atoms. The van der Waals surface area contributed by atoms with Gasteiger partial charge in [-0.3, -0.25) is 0 Å². The summed E-state index contributed by atoms with van der Waals surface area (Å²) < 4.78 is 23.5. The van der Waals surface area contributed by atoms with Crippen molar-refractivity contribution < 1.29 is 8.42 Å². The highest BCUT2D eigenvalue weighted by Crippen LogP contribution is 2.14. The lowest BCUT2D eigenvalue weighted by Crippen LogP contribution is -2.36. The van der Waals surface area contributed by atoms with Crippen LogP contribution in [-0.4, -0.2) is 27.5 Å². The predicted molar refractivity (Wildman–Crippen MR) is 63.1 cm³/mol. The highest BCUT2D eigenvalue weighted by Gasteiger charge is 2.14. The molecule has 0 heterocycles. The fourth-order valence-corrected chi connectivity index (χ4v) is 2.32. The van der Waals surface area contributed by atoms with Crippen LogP contribution < -0.4 is 10.6 Å². The van der Waals surface area contributed by atoms with Crippen LogP contribution in [0.2, 0.25) is 0 Å². The summed E-state index contributed by atoms with van der Waals surface area (Å²) in [4.78, 5) is 2.59. The van der Waals surface area contributed by atoms with Crippen LogP contribution in [0, 0.1) is 0 Å². The lowest BCUT2D eigenvalue weighted by Gasteiger charge is -2.13. The van der Waals surface area contributed by atoms with Crippen molar-refractivity contribution in [2.45, 2.75) is 17.9 Å². The number of sulfonamides is 1. The number of hydrogen-bond donors (Lipinski definition) is 2. The summed E-state index contributed by atoms with van der Waals surface area (Å²) in [5.41, 5.74) is 6.59. The molecule has 1 rings (SSSR count). The minimum atomic E-state index is -3.47. The van der Waals surface area contributed by atoms with Gasteiger partial charge in [0.1, 0.15) is 0 Å². The molecule has 0 aromatic heterocycles. The monoisotopic (exact) mass is 243 g/mol. The van der Waals surface area contributed by atoms with E-state index in [1.54, 1.807) is 38.4 Å². The van der Waals surface area contributed by atoms with E-state index in [-0.39, 0.29) is 10.9 Å². The molecular weight excluding hydrogens is 226 g/mol. The van der Waals surface area contributed by atoms with Gasteiger partial charge >= 0.3 is 0 Å². The Balaban J connectivity index is 2.98. The van der Waals surface area contributed by atoms with Crippen molar-refractivity contribution in [3.63, 3.8) is 0 Å². The second-order valence-electron chi connectivity index (χ2n) is 3.85. The molecule has 0 spiro atoms. The van der Waals surface area contributed by atoms with E-state index in [4.69, 9.17) is 5.73 Å². The van der Waals surface area contributed by atoms with E-state index in [9.17, 15) is 8.42 Å². The van der Waals surface area contributed by atoms with E-state index in [1.165, 1.54) is 5.01 Å². The largest absolute Gasteiger partial charge is 0.324 e. The zero-order valence-corrected chi connectivity index (χ0v) is 10.5. The molecule has 0 amide bonds. The molecular formula is C10H17N3O2S. The van der Waals surface area contributed by atoms with Gasteiger partial charge in [-0.1, -0.05) is 12.1 Å². The van der Waals surface area contributed by atoms with Gasteiger partial charge in [0.2, 0.25) is 0 Å². The number of hydrogen-bond acceptors (Lipinski definition) is 4. The average Bonchev–Trinajstić information content (AvgIpc) is 2.16. The van der Waals surface area contributed by atoms with Gasteiger partial charge < -0.3 is 5.73 Å². The summed E-state index contributed by atoms with van der Waals surface area (Å²) in [5.74, 6) is 0. The van der Waals surface area contributed by atoms with Gasteiger partial charge in [0, 0.05) is 20.1 Å². The molecule has 1 aromatic carbocycles. The molecule has 1 unspecified atom stereocenters. The van der Waals surface area contributed by atoms with Crippen molar-refractivity contribution >= 4 is 10.0 Å². The lowest BCUT2D eigenvalue weighted by atomic mass is 10.1. The first-order valence-corrected chi connectivity index (χ1v) is 6.36. The van der Waals surface area contributed by atoms with Crippen molar-refractivity contribution in [3.8, 4) is 0 Å². The maximum atomic E-state index is 11.7. The van der Waals surface area contributed by atoms with E-state index in [0.717, 1.165) is 5.56 Å². The molecule has 0 aliphatic carbocycles. The number of nitrogens with one attached hydrogen (secondary N) is 1. The van der Waals surface area contributed by atoms with Crippen molar-refractivity contribution in [3.05, 3.63) is 29.8 Å². The molecule has 5 nitrogen and oxygen atoms in total. The summed E-state index contributed by atoms with van der Waals surface area (Å²) in [5, 5.41) is 1.38. The summed E-state index contributed by atoms with van der Waals surface area (Å²) in [6, 6.07) is 6.43. The molecule has 0 bridgehead atoms. The molecule has 1 aromatic rings. The van der Waals surface area contributed by atoms with Gasteiger partial charge in [-0.15, -0.1) is 4.83 Å². The lowest BCUT2D eigenvalue weighted by molar-refractivity contribution is 0.364. The van der Waals surface area contributed by atoms with Crippen molar-refractivity contribution in [1.29, 1.82) is 0 Å². The molecule has 6 heteroatoms. The molecule has 0 aliphatic heterocycles. The third kappa shape index (κ3) is 3.28. The van der Waals surface area contributed by atoms with Crippen molar-refractivity contribution in [2.75, 3.05) is 14.1 Å². The maximum absolute atomic E-state index is 11.7. The van der Waals surface area contributed by atoms with Crippen LogP contribution in [0.5, 0.6) is 0 Å². The smallest absolute Gasteiger partial charge is 0.253 e. The van der Waals surface area contributed by atoms with E-state index < -0.39 is 10.0 Å². The standard InChI is InChI=1S/C10H17N3O2S/c1-8(11)9-4-6-10(7-5-9)16(14,15)12-13(2)3/h4-8,12H,11H2,1-3H3. The second kappa shape index (κ2) is 4.92. The Morgan fingerprint density at radius 3 is 2.12 bits per heavy atom. The number of rotatable bonds is 4. The van der Waals surface area contributed by atoms with Gasteiger partial charge in [-0.05, 0) is 24.6 Å². The van der Waals surface area contributed by atoms with Gasteiger partial charge in [0.25, 0.3) is 10.0 Å². The molecule has 1 atom stereocenters. The van der Waals surface area contributed by atoms with E-state index in [1.807, 2.05) is 6.92 Å². The molecule has 90 valence electrons. The fourth-order valence-electron chi connectivity index (χ4n) is 1.24. The summed E-state index contributed by atoms with van der Waals surface area (Å²) in [6.45, 7) is 1.85. The molecule has 0 saturated carbocycles. The predicted octanol–water partition coefficient (Wildman–Crippen LogP) is 0.461. The minimum absolute atomic E-state index is 0.0986. The Morgan fingerprint density at radius 2 is 1.75 bits per heavy atom. The Labute approximate surface area is 96.3 Å². The third-order valence-corrected chi connectivity index (χ3v) is 3.52.